The van der Waals surface area contributed by atoms with Gasteiger partial charge in [0.2, 0.25) is 0 Å². The van der Waals surface area contributed by atoms with Gasteiger partial charge >= 0.3 is 12.2 Å². The number of alkyl carbamates (subject to hydrolysis) is 2. The Labute approximate surface area is 202 Å². The molecule has 34 heavy (non-hydrogen) atoms. The highest BCUT2D eigenvalue weighted by molar-refractivity contribution is 5.68. The van der Waals surface area contributed by atoms with Gasteiger partial charge in [0.1, 0.15) is 13.2 Å². The van der Waals surface area contributed by atoms with Crippen molar-refractivity contribution in [3.63, 3.8) is 0 Å². The van der Waals surface area contributed by atoms with Gasteiger partial charge in [-0.3, -0.25) is 0 Å². The monoisotopic (exact) mass is 467 g/mol. The third-order valence-corrected chi connectivity index (χ3v) is 6.01. The SMILES string of the molecule is O=C(NC1CCCCC1)OCc1ccccc1.O=C(NC1CCNCC1)OCc1ccccc1. The highest BCUT2D eigenvalue weighted by atomic mass is 16.6. The van der Waals surface area contributed by atoms with E-state index in [9.17, 15) is 9.59 Å². The summed E-state index contributed by atoms with van der Waals surface area (Å²) in [6, 6.07) is 20.0. The molecule has 3 N–H and O–H groups in total. The Morgan fingerprint density at radius 3 is 1.59 bits per heavy atom. The van der Waals surface area contributed by atoms with E-state index in [1.54, 1.807) is 0 Å². The van der Waals surface area contributed by atoms with Gasteiger partial charge < -0.3 is 25.4 Å². The van der Waals surface area contributed by atoms with Crippen LogP contribution in [0.1, 0.15) is 56.1 Å². The fourth-order valence-corrected chi connectivity index (χ4v) is 4.08. The van der Waals surface area contributed by atoms with E-state index in [2.05, 4.69) is 16.0 Å². The Hall–Kier alpha value is -3.06. The molecule has 2 aliphatic rings. The summed E-state index contributed by atoms with van der Waals surface area (Å²) in [5.41, 5.74) is 2.03. The summed E-state index contributed by atoms with van der Waals surface area (Å²) >= 11 is 0. The Morgan fingerprint density at radius 2 is 1.12 bits per heavy atom. The molecule has 7 nitrogen and oxygen atoms in total. The third-order valence-electron chi connectivity index (χ3n) is 6.01. The molecular weight excluding hydrogens is 430 g/mol. The van der Waals surface area contributed by atoms with Crippen molar-refractivity contribution in [1.29, 1.82) is 0 Å². The van der Waals surface area contributed by atoms with Gasteiger partial charge in [0.25, 0.3) is 0 Å². The fraction of sp³-hybridized carbons (Fsp3) is 0.481. The number of hydrogen-bond donors (Lipinski definition) is 3. The van der Waals surface area contributed by atoms with Crippen LogP contribution >= 0.6 is 0 Å². The Morgan fingerprint density at radius 1 is 0.676 bits per heavy atom. The minimum atomic E-state index is -0.319. The van der Waals surface area contributed by atoms with Gasteiger partial charge in [-0.15, -0.1) is 0 Å². The second-order valence-electron chi connectivity index (χ2n) is 8.77. The van der Waals surface area contributed by atoms with Crippen molar-refractivity contribution in [3.05, 3.63) is 71.8 Å². The van der Waals surface area contributed by atoms with Gasteiger partial charge in [0, 0.05) is 12.1 Å². The van der Waals surface area contributed by atoms with E-state index in [4.69, 9.17) is 9.47 Å². The Balaban J connectivity index is 0.000000191. The number of nitrogens with one attached hydrogen (secondary N) is 3. The third kappa shape index (κ3) is 10.3. The van der Waals surface area contributed by atoms with Crippen LogP contribution < -0.4 is 16.0 Å². The van der Waals surface area contributed by atoms with Gasteiger partial charge in [-0.05, 0) is 49.9 Å². The molecule has 7 heteroatoms. The van der Waals surface area contributed by atoms with Crippen LogP contribution in [0.4, 0.5) is 9.59 Å². The van der Waals surface area contributed by atoms with Crippen LogP contribution in [-0.4, -0.2) is 37.4 Å². The van der Waals surface area contributed by atoms with E-state index in [-0.39, 0.29) is 18.2 Å². The number of hydrogen-bond acceptors (Lipinski definition) is 5. The molecule has 2 aromatic rings. The van der Waals surface area contributed by atoms with Crippen LogP contribution in [-0.2, 0) is 22.7 Å². The quantitative estimate of drug-likeness (QED) is 0.562. The van der Waals surface area contributed by atoms with Crippen LogP contribution in [0.25, 0.3) is 0 Å². The fourth-order valence-electron chi connectivity index (χ4n) is 4.08. The maximum atomic E-state index is 11.6. The molecule has 0 aromatic heterocycles. The van der Waals surface area contributed by atoms with E-state index in [1.807, 2.05) is 60.7 Å². The zero-order valence-corrected chi connectivity index (χ0v) is 19.8. The summed E-state index contributed by atoms with van der Waals surface area (Å²) < 4.78 is 10.3. The Bertz CT molecular complexity index is 764. The lowest BCUT2D eigenvalue weighted by atomic mass is 9.96. The van der Waals surface area contributed by atoms with Crippen molar-refractivity contribution in [2.45, 2.75) is 70.2 Å². The number of piperidine rings is 1. The molecule has 0 spiro atoms. The number of rotatable bonds is 6. The summed E-state index contributed by atoms with van der Waals surface area (Å²) in [6.45, 7) is 2.60. The summed E-state index contributed by atoms with van der Waals surface area (Å²) in [6.07, 6.45) is 7.22. The molecule has 2 amide bonds. The molecule has 1 saturated heterocycles. The molecule has 0 bridgehead atoms. The number of amides is 2. The van der Waals surface area contributed by atoms with Crippen LogP contribution in [0.3, 0.4) is 0 Å². The first kappa shape index (κ1) is 25.6. The van der Waals surface area contributed by atoms with Crippen molar-refractivity contribution >= 4 is 12.2 Å². The molecule has 0 atom stereocenters. The molecule has 0 unspecified atom stereocenters. The van der Waals surface area contributed by atoms with E-state index >= 15 is 0 Å². The normalized spacial score (nSPS) is 16.5. The van der Waals surface area contributed by atoms with Gasteiger partial charge in [-0.1, -0.05) is 79.9 Å². The molecule has 1 aliphatic carbocycles. The lowest BCUT2D eigenvalue weighted by molar-refractivity contribution is 0.132. The first-order valence-corrected chi connectivity index (χ1v) is 12.3. The molecule has 0 radical (unpaired) electrons. The van der Waals surface area contributed by atoms with Gasteiger partial charge in [-0.2, -0.15) is 0 Å². The van der Waals surface area contributed by atoms with Crippen molar-refractivity contribution in [2.24, 2.45) is 0 Å². The van der Waals surface area contributed by atoms with Gasteiger partial charge in [-0.25, -0.2) is 9.59 Å². The first-order valence-electron chi connectivity index (χ1n) is 12.3. The average Bonchev–Trinajstić information content (AvgIpc) is 2.89. The molecule has 4 rings (SSSR count). The lowest BCUT2D eigenvalue weighted by Gasteiger charge is -2.23. The minimum Gasteiger partial charge on any atom is -0.445 e. The first-order chi connectivity index (χ1) is 16.7. The van der Waals surface area contributed by atoms with Crippen LogP contribution in [0.2, 0.25) is 0 Å². The second-order valence-corrected chi connectivity index (χ2v) is 8.77. The Kier molecular flexibility index (Phi) is 11.2. The lowest BCUT2D eigenvalue weighted by Crippen LogP contribution is -2.42. The van der Waals surface area contributed by atoms with Crippen molar-refractivity contribution in [2.75, 3.05) is 13.1 Å². The highest BCUT2D eigenvalue weighted by Gasteiger charge is 2.17. The zero-order valence-electron chi connectivity index (χ0n) is 19.8. The van der Waals surface area contributed by atoms with E-state index in [1.165, 1.54) is 19.3 Å². The predicted molar refractivity (Wildman–Crippen MR) is 132 cm³/mol. The summed E-state index contributed by atoms with van der Waals surface area (Å²) in [5, 5.41) is 9.07. The number of carbonyl (C=O) groups is 2. The number of carbonyl (C=O) groups excluding carboxylic acids is 2. The van der Waals surface area contributed by atoms with E-state index < -0.39 is 0 Å². The smallest absolute Gasteiger partial charge is 0.407 e. The molecule has 1 saturated carbocycles. The predicted octanol–water partition coefficient (Wildman–Crippen LogP) is 4.91. The summed E-state index contributed by atoms with van der Waals surface area (Å²) in [7, 11) is 0. The van der Waals surface area contributed by atoms with Crippen molar-refractivity contribution in [3.8, 4) is 0 Å². The van der Waals surface area contributed by atoms with Crippen molar-refractivity contribution < 1.29 is 19.1 Å². The number of benzene rings is 2. The topological polar surface area (TPSA) is 88.7 Å². The number of ether oxygens (including phenoxy) is 2. The molecule has 2 fully saturated rings. The summed E-state index contributed by atoms with van der Waals surface area (Å²) in [4.78, 5) is 23.1. The highest BCUT2D eigenvalue weighted by Crippen LogP contribution is 2.17. The van der Waals surface area contributed by atoms with Crippen LogP contribution in [0.15, 0.2) is 60.7 Å². The van der Waals surface area contributed by atoms with E-state index in [0.717, 1.165) is 49.9 Å². The molecular formula is C27H37N3O4. The molecule has 1 aliphatic heterocycles. The van der Waals surface area contributed by atoms with Crippen LogP contribution in [0.5, 0.6) is 0 Å². The average molecular weight is 468 g/mol. The van der Waals surface area contributed by atoms with Gasteiger partial charge in [0.15, 0.2) is 0 Å². The minimum absolute atomic E-state index is 0.250. The largest absolute Gasteiger partial charge is 0.445 e. The van der Waals surface area contributed by atoms with Crippen molar-refractivity contribution in [1.82, 2.24) is 16.0 Å². The zero-order chi connectivity index (χ0) is 23.8. The van der Waals surface area contributed by atoms with Crippen LogP contribution in [0, 0.1) is 0 Å². The standard InChI is InChI=1S/C14H19NO2.C13H18N2O2/c16-14(15-13-9-5-2-6-10-13)17-11-12-7-3-1-4-8-12;16-13(15-12-6-8-14-9-7-12)17-10-11-4-2-1-3-5-11/h1,3-4,7-8,13H,2,5-6,9-11H2,(H,15,16);1-5,12,14H,6-10H2,(H,15,16). The summed E-state index contributed by atoms with van der Waals surface area (Å²) in [5.74, 6) is 0. The maximum Gasteiger partial charge on any atom is 0.407 e. The second kappa shape index (κ2) is 15.0. The van der Waals surface area contributed by atoms with Gasteiger partial charge in [0.05, 0.1) is 0 Å². The van der Waals surface area contributed by atoms with E-state index in [0.29, 0.717) is 19.3 Å². The maximum absolute atomic E-state index is 11.6. The molecule has 1 heterocycles. The molecule has 2 aromatic carbocycles. The molecule has 184 valence electrons.